The van der Waals surface area contributed by atoms with Gasteiger partial charge in [-0.25, -0.2) is 0 Å². The summed E-state index contributed by atoms with van der Waals surface area (Å²) in [6, 6.07) is 5.51. The third-order valence-corrected chi connectivity index (χ3v) is 3.94. The summed E-state index contributed by atoms with van der Waals surface area (Å²) >= 11 is 3.35. The molecule has 2 atom stereocenters. The van der Waals surface area contributed by atoms with Crippen molar-refractivity contribution < 1.29 is 9.53 Å². The Labute approximate surface area is 122 Å². The molecule has 5 heteroatoms. The van der Waals surface area contributed by atoms with Gasteiger partial charge in [0.05, 0.1) is 24.3 Å². The number of carbonyl (C=O) groups is 1. The SMILES string of the molecule is CCC1COC(C)CN1C(=O)c1ccc(Br)cc1N. The van der Waals surface area contributed by atoms with E-state index in [1.165, 1.54) is 0 Å². The van der Waals surface area contributed by atoms with Crippen LogP contribution in [0.4, 0.5) is 5.69 Å². The van der Waals surface area contributed by atoms with E-state index < -0.39 is 0 Å². The average Bonchev–Trinajstić information content (AvgIpc) is 2.38. The largest absolute Gasteiger partial charge is 0.398 e. The number of ether oxygens (including phenoxy) is 1. The Morgan fingerprint density at radius 3 is 2.95 bits per heavy atom. The number of hydrogen-bond donors (Lipinski definition) is 1. The molecule has 1 aromatic carbocycles. The smallest absolute Gasteiger partial charge is 0.256 e. The standard InChI is InChI=1S/C14H19BrN2O2/c1-3-11-8-19-9(2)7-17(11)14(18)12-5-4-10(15)6-13(12)16/h4-6,9,11H,3,7-8,16H2,1-2H3. The number of halogens is 1. The zero-order valence-corrected chi connectivity index (χ0v) is 12.8. The summed E-state index contributed by atoms with van der Waals surface area (Å²) in [7, 11) is 0. The predicted molar refractivity (Wildman–Crippen MR) is 79.1 cm³/mol. The lowest BCUT2D eigenvalue weighted by atomic mass is 10.1. The maximum absolute atomic E-state index is 12.6. The fourth-order valence-electron chi connectivity index (χ4n) is 2.31. The van der Waals surface area contributed by atoms with Gasteiger partial charge in [0, 0.05) is 16.7 Å². The topological polar surface area (TPSA) is 55.6 Å². The van der Waals surface area contributed by atoms with Crippen LogP contribution in [-0.4, -0.2) is 36.1 Å². The Hall–Kier alpha value is -1.07. The van der Waals surface area contributed by atoms with Crippen LogP contribution in [0, 0.1) is 0 Å². The Balaban J connectivity index is 2.25. The molecule has 0 aliphatic carbocycles. The van der Waals surface area contributed by atoms with Crippen molar-refractivity contribution in [3.05, 3.63) is 28.2 Å². The number of nitrogens with zero attached hydrogens (tertiary/aromatic N) is 1. The quantitative estimate of drug-likeness (QED) is 0.850. The maximum atomic E-state index is 12.6. The van der Waals surface area contributed by atoms with Crippen molar-refractivity contribution in [1.29, 1.82) is 0 Å². The van der Waals surface area contributed by atoms with Gasteiger partial charge in [0.25, 0.3) is 5.91 Å². The molecule has 0 spiro atoms. The molecule has 1 aliphatic heterocycles. The van der Waals surface area contributed by atoms with Crippen molar-refractivity contribution in [2.75, 3.05) is 18.9 Å². The van der Waals surface area contributed by atoms with Gasteiger partial charge >= 0.3 is 0 Å². The van der Waals surface area contributed by atoms with E-state index in [0.29, 0.717) is 24.4 Å². The molecular formula is C14H19BrN2O2. The van der Waals surface area contributed by atoms with E-state index in [0.717, 1.165) is 10.9 Å². The number of hydrogen-bond acceptors (Lipinski definition) is 3. The Morgan fingerprint density at radius 1 is 1.58 bits per heavy atom. The number of carbonyl (C=O) groups excluding carboxylic acids is 1. The molecule has 1 fully saturated rings. The molecule has 1 amide bonds. The van der Waals surface area contributed by atoms with Gasteiger partial charge in [-0.3, -0.25) is 4.79 Å². The van der Waals surface area contributed by atoms with Gasteiger partial charge in [-0.1, -0.05) is 22.9 Å². The van der Waals surface area contributed by atoms with E-state index in [-0.39, 0.29) is 18.1 Å². The van der Waals surface area contributed by atoms with Crippen molar-refractivity contribution in [3.8, 4) is 0 Å². The molecule has 104 valence electrons. The van der Waals surface area contributed by atoms with Crippen LogP contribution < -0.4 is 5.73 Å². The molecular weight excluding hydrogens is 308 g/mol. The van der Waals surface area contributed by atoms with E-state index in [1.807, 2.05) is 17.9 Å². The van der Waals surface area contributed by atoms with Crippen LogP contribution in [0.3, 0.4) is 0 Å². The van der Waals surface area contributed by atoms with Crippen LogP contribution in [0.25, 0.3) is 0 Å². The molecule has 1 aromatic rings. The highest BCUT2D eigenvalue weighted by atomic mass is 79.9. The van der Waals surface area contributed by atoms with E-state index in [2.05, 4.69) is 22.9 Å². The molecule has 1 aliphatic rings. The highest BCUT2D eigenvalue weighted by Crippen LogP contribution is 2.23. The molecule has 2 N–H and O–H groups in total. The number of amides is 1. The van der Waals surface area contributed by atoms with Crippen molar-refractivity contribution >= 4 is 27.5 Å². The molecule has 0 bridgehead atoms. The first-order chi connectivity index (χ1) is 9.02. The van der Waals surface area contributed by atoms with Crippen molar-refractivity contribution in [1.82, 2.24) is 4.90 Å². The molecule has 0 radical (unpaired) electrons. The monoisotopic (exact) mass is 326 g/mol. The number of morpholine rings is 1. The first-order valence-corrected chi connectivity index (χ1v) is 7.29. The number of anilines is 1. The van der Waals surface area contributed by atoms with Crippen LogP contribution in [0.1, 0.15) is 30.6 Å². The molecule has 0 aromatic heterocycles. The van der Waals surface area contributed by atoms with Crippen molar-refractivity contribution in [2.24, 2.45) is 0 Å². The summed E-state index contributed by atoms with van der Waals surface area (Å²) in [6.07, 6.45) is 0.956. The van der Waals surface area contributed by atoms with Gasteiger partial charge in [0.1, 0.15) is 0 Å². The van der Waals surface area contributed by atoms with Crippen LogP contribution in [-0.2, 0) is 4.74 Å². The first-order valence-electron chi connectivity index (χ1n) is 6.50. The van der Waals surface area contributed by atoms with E-state index in [4.69, 9.17) is 10.5 Å². The zero-order chi connectivity index (χ0) is 14.0. The molecule has 19 heavy (non-hydrogen) atoms. The fourth-order valence-corrected chi connectivity index (χ4v) is 2.69. The third kappa shape index (κ3) is 3.09. The van der Waals surface area contributed by atoms with Gasteiger partial charge in [-0.15, -0.1) is 0 Å². The minimum absolute atomic E-state index is 0.00741. The molecule has 2 rings (SSSR count). The summed E-state index contributed by atoms with van der Waals surface area (Å²) in [5.41, 5.74) is 7.02. The van der Waals surface area contributed by atoms with Crippen molar-refractivity contribution in [2.45, 2.75) is 32.4 Å². The first kappa shape index (κ1) is 14.3. The number of nitrogens with two attached hydrogens (primary N) is 1. The fraction of sp³-hybridized carbons (Fsp3) is 0.500. The van der Waals surface area contributed by atoms with Crippen LogP contribution in [0.2, 0.25) is 0 Å². The van der Waals surface area contributed by atoms with Crippen LogP contribution in [0.5, 0.6) is 0 Å². The maximum Gasteiger partial charge on any atom is 0.256 e. The molecule has 1 saturated heterocycles. The average molecular weight is 327 g/mol. The number of nitrogen functional groups attached to an aromatic ring is 1. The summed E-state index contributed by atoms with van der Waals surface area (Å²) in [5.74, 6) is -0.00741. The second-order valence-electron chi connectivity index (χ2n) is 4.90. The van der Waals surface area contributed by atoms with E-state index in [1.54, 1.807) is 12.1 Å². The zero-order valence-electron chi connectivity index (χ0n) is 11.2. The normalized spacial score (nSPS) is 23.4. The third-order valence-electron chi connectivity index (χ3n) is 3.44. The summed E-state index contributed by atoms with van der Waals surface area (Å²) in [6.45, 7) is 5.26. The lowest BCUT2D eigenvalue weighted by molar-refractivity contribution is -0.0443. The van der Waals surface area contributed by atoms with Crippen molar-refractivity contribution in [3.63, 3.8) is 0 Å². The minimum Gasteiger partial charge on any atom is -0.398 e. The second-order valence-corrected chi connectivity index (χ2v) is 5.81. The Kier molecular flexibility index (Phi) is 4.47. The van der Waals surface area contributed by atoms with Gasteiger partial charge < -0.3 is 15.4 Å². The molecule has 2 unspecified atom stereocenters. The highest BCUT2D eigenvalue weighted by Gasteiger charge is 2.30. The van der Waals surface area contributed by atoms with Gasteiger partial charge in [-0.2, -0.15) is 0 Å². The van der Waals surface area contributed by atoms with Gasteiger partial charge in [-0.05, 0) is 31.5 Å². The van der Waals surface area contributed by atoms with Gasteiger partial charge in [0.15, 0.2) is 0 Å². The van der Waals surface area contributed by atoms with E-state index in [9.17, 15) is 4.79 Å². The predicted octanol–water partition coefficient (Wildman–Crippen LogP) is 2.67. The summed E-state index contributed by atoms with van der Waals surface area (Å²) < 4.78 is 6.49. The lowest BCUT2D eigenvalue weighted by Crippen LogP contribution is -2.51. The molecule has 4 nitrogen and oxygen atoms in total. The lowest BCUT2D eigenvalue weighted by Gasteiger charge is -2.38. The van der Waals surface area contributed by atoms with Crippen LogP contribution >= 0.6 is 15.9 Å². The second kappa shape index (κ2) is 5.92. The summed E-state index contributed by atoms with van der Waals surface area (Å²) in [5, 5.41) is 0. The number of rotatable bonds is 2. The van der Waals surface area contributed by atoms with E-state index >= 15 is 0 Å². The highest BCUT2D eigenvalue weighted by molar-refractivity contribution is 9.10. The van der Waals surface area contributed by atoms with Crippen LogP contribution in [0.15, 0.2) is 22.7 Å². The van der Waals surface area contributed by atoms with Gasteiger partial charge in [0.2, 0.25) is 0 Å². The Morgan fingerprint density at radius 2 is 2.32 bits per heavy atom. The molecule has 0 saturated carbocycles. The summed E-state index contributed by atoms with van der Waals surface area (Å²) in [4.78, 5) is 14.5. The molecule has 1 heterocycles. The number of benzene rings is 1. The minimum atomic E-state index is -0.00741. The Bertz CT molecular complexity index is 479.